The number of aryl methyl sites for hydroxylation is 1. The quantitative estimate of drug-likeness (QED) is 0.870. The van der Waals surface area contributed by atoms with Crippen molar-refractivity contribution >= 4 is 17.3 Å². The van der Waals surface area contributed by atoms with Gasteiger partial charge in [-0.2, -0.15) is 0 Å². The van der Waals surface area contributed by atoms with Crippen LogP contribution >= 0.6 is 11.6 Å². The Bertz CT molecular complexity index is 593. The molecule has 2 nitrogen and oxygen atoms in total. The van der Waals surface area contributed by atoms with E-state index in [0.29, 0.717) is 6.04 Å². The molecule has 0 radical (unpaired) electrons. The molecule has 0 aliphatic rings. The molecular formula is C18H23ClN2. The number of rotatable bonds is 5. The highest BCUT2D eigenvalue weighted by molar-refractivity contribution is 6.30. The first-order valence-corrected chi connectivity index (χ1v) is 7.63. The summed E-state index contributed by atoms with van der Waals surface area (Å²) in [4.78, 5) is 2.31. The van der Waals surface area contributed by atoms with Gasteiger partial charge in [0.05, 0.1) is 6.04 Å². The van der Waals surface area contributed by atoms with Crippen molar-refractivity contribution in [1.82, 2.24) is 5.32 Å². The summed E-state index contributed by atoms with van der Waals surface area (Å²) in [5.74, 6) is 0. The molecule has 0 bridgehead atoms. The molecule has 0 heterocycles. The van der Waals surface area contributed by atoms with Crippen LogP contribution in [-0.2, 0) is 6.54 Å². The summed E-state index contributed by atoms with van der Waals surface area (Å²) in [6, 6.07) is 15.0. The third-order valence-electron chi connectivity index (χ3n) is 3.96. The van der Waals surface area contributed by atoms with Gasteiger partial charge in [0.15, 0.2) is 0 Å². The summed E-state index contributed by atoms with van der Waals surface area (Å²) in [6.45, 7) is 5.28. The van der Waals surface area contributed by atoms with E-state index in [9.17, 15) is 0 Å². The smallest absolute Gasteiger partial charge is 0.0511 e. The van der Waals surface area contributed by atoms with Gasteiger partial charge in [0.25, 0.3) is 0 Å². The highest BCUT2D eigenvalue weighted by atomic mass is 35.5. The Morgan fingerprint density at radius 2 is 1.81 bits per heavy atom. The van der Waals surface area contributed by atoms with Crippen molar-refractivity contribution in [2.45, 2.75) is 26.4 Å². The van der Waals surface area contributed by atoms with Crippen molar-refractivity contribution in [2.24, 2.45) is 0 Å². The Morgan fingerprint density at radius 1 is 1.14 bits per heavy atom. The number of nitrogens with one attached hydrogen (secondary N) is 1. The van der Waals surface area contributed by atoms with Crippen molar-refractivity contribution < 1.29 is 0 Å². The maximum absolute atomic E-state index is 5.97. The lowest BCUT2D eigenvalue weighted by atomic mass is 10.0. The van der Waals surface area contributed by atoms with Crippen LogP contribution in [0.2, 0.25) is 5.02 Å². The largest absolute Gasteiger partial charge is 0.368 e. The van der Waals surface area contributed by atoms with E-state index in [0.717, 1.165) is 11.6 Å². The maximum atomic E-state index is 5.97. The molecule has 0 spiro atoms. The monoisotopic (exact) mass is 302 g/mol. The van der Waals surface area contributed by atoms with Crippen LogP contribution in [0.4, 0.5) is 5.69 Å². The predicted molar refractivity (Wildman–Crippen MR) is 92.2 cm³/mol. The maximum Gasteiger partial charge on any atom is 0.0511 e. The molecule has 2 aromatic carbocycles. The van der Waals surface area contributed by atoms with Gasteiger partial charge in [0.2, 0.25) is 0 Å². The number of benzene rings is 2. The zero-order valence-electron chi connectivity index (χ0n) is 13.2. The van der Waals surface area contributed by atoms with Crippen molar-refractivity contribution in [2.75, 3.05) is 19.0 Å². The average molecular weight is 303 g/mol. The molecule has 0 saturated heterocycles. The Hall–Kier alpha value is -1.51. The van der Waals surface area contributed by atoms with Gasteiger partial charge in [-0.15, -0.1) is 0 Å². The van der Waals surface area contributed by atoms with Gasteiger partial charge in [-0.05, 0) is 55.8 Å². The number of halogens is 1. The van der Waals surface area contributed by atoms with Crippen LogP contribution in [0, 0.1) is 6.92 Å². The van der Waals surface area contributed by atoms with Crippen LogP contribution in [0.3, 0.4) is 0 Å². The molecule has 112 valence electrons. The van der Waals surface area contributed by atoms with E-state index >= 15 is 0 Å². The Kier molecular flexibility index (Phi) is 5.27. The Morgan fingerprint density at radius 3 is 2.38 bits per heavy atom. The summed E-state index contributed by atoms with van der Waals surface area (Å²) < 4.78 is 0. The van der Waals surface area contributed by atoms with Crippen LogP contribution in [0.1, 0.15) is 29.7 Å². The zero-order chi connectivity index (χ0) is 15.4. The Balaban J connectivity index is 2.22. The van der Waals surface area contributed by atoms with Gasteiger partial charge < -0.3 is 10.2 Å². The van der Waals surface area contributed by atoms with Crippen molar-refractivity contribution in [1.29, 1.82) is 0 Å². The van der Waals surface area contributed by atoms with Crippen molar-refractivity contribution in [3.8, 4) is 0 Å². The van der Waals surface area contributed by atoms with Gasteiger partial charge in [0, 0.05) is 24.3 Å². The van der Waals surface area contributed by atoms with E-state index in [4.69, 9.17) is 11.6 Å². The van der Waals surface area contributed by atoms with Gasteiger partial charge in [-0.25, -0.2) is 0 Å². The van der Waals surface area contributed by atoms with Crippen molar-refractivity contribution in [3.05, 3.63) is 64.2 Å². The number of hydrogen-bond donors (Lipinski definition) is 1. The minimum absolute atomic E-state index is 0.302. The van der Waals surface area contributed by atoms with Crippen LogP contribution < -0.4 is 10.2 Å². The van der Waals surface area contributed by atoms with E-state index < -0.39 is 0 Å². The zero-order valence-corrected chi connectivity index (χ0v) is 13.9. The first-order chi connectivity index (χ1) is 10.0. The second-order valence-corrected chi connectivity index (χ2v) is 5.93. The van der Waals surface area contributed by atoms with E-state index in [1.54, 1.807) is 0 Å². The number of nitrogens with zero attached hydrogens (tertiary/aromatic N) is 1. The number of hydrogen-bond acceptors (Lipinski definition) is 2. The molecule has 3 heteroatoms. The highest BCUT2D eigenvalue weighted by Crippen LogP contribution is 2.29. The summed E-state index contributed by atoms with van der Waals surface area (Å²) in [5.41, 5.74) is 5.13. The lowest BCUT2D eigenvalue weighted by molar-refractivity contribution is 0.736. The molecule has 0 aliphatic heterocycles. The van der Waals surface area contributed by atoms with Crippen LogP contribution in [-0.4, -0.2) is 14.1 Å². The lowest BCUT2D eigenvalue weighted by Crippen LogP contribution is -2.22. The average Bonchev–Trinajstić information content (AvgIpc) is 2.47. The second-order valence-electron chi connectivity index (χ2n) is 5.49. The number of anilines is 1. The van der Waals surface area contributed by atoms with Crippen LogP contribution in [0.5, 0.6) is 0 Å². The third-order valence-corrected chi connectivity index (χ3v) is 4.21. The first kappa shape index (κ1) is 15.9. The van der Waals surface area contributed by atoms with Gasteiger partial charge in [-0.1, -0.05) is 35.9 Å². The second kappa shape index (κ2) is 6.97. The molecule has 1 unspecified atom stereocenters. The summed E-state index contributed by atoms with van der Waals surface area (Å²) >= 11 is 5.97. The molecule has 0 amide bonds. The molecule has 0 aliphatic carbocycles. The van der Waals surface area contributed by atoms with Gasteiger partial charge in [-0.3, -0.25) is 0 Å². The molecule has 2 aromatic rings. The molecule has 2 rings (SSSR count). The SMILES string of the molecule is CNCc1ccc(N(C)C(C)c2ccc(Cl)cc2)c(C)c1. The molecule has 21 heavy (non-hydrogen) atoms. The van der Waals surface area contributed by atoms with Crippen LogP contribution in [0.25, 0.3) is 0 Å². The van der Waals surface area contributed by atoms with Gasteiger partial charge in [0.1, 0.15) is 0 Å². The molecule has 1 N–H and O–H groups in total. The first-order valence-electron chi connectivity index (χ1n) is 7.25. The molecule has 0 aromatic heterocycles. The molecule has 1 atom stereocenters. The fourth-order valence-electron chi connectivity index (χ4n) is 2.60. The lowest BCUT2D eigenvalue weighted by Gasteiger charge is -2.29. The fraction of sp³-hybridized carbons (Fsp3) is 0.333. The fourth-order valence-corrected chi connectivity index (χ4v) is 2.73. The molecule has 0 fully saturated rings. The van der Waals surface area contributed by atoms with E-state index in [1.165, 1.54) is 22.4 Å². The van der Waals surface area contributed by atoms with Gasteiger partial charge >= 0.3 is 0 Å². The topological polar surface area (TPSA) is 15.3 Å². The summed E-state index contributed by atoms with van der Waals surface area (Å²) in [7, 11) is 4.11. The van der Waals surface area contributed by atoms with Crippen molar-refractivity contribution in [3.63, 3.8) is 0 Å². The molecule has 0 saturated carbocycles. The van der Waals surface area contributed by atoms with Crippen LogP contribution in [0.15, 0.2) is 42.5 Å². The predicted octanol–water partition coefficient (Wildman–Crippen LogP) is 4.57. The van der Waals surface area contributed by atoms with E-state index in [-0.39, 0.29) is 0 Å². The molecular weight excluding hydrogens is 280 g/mol. The minimum Gasteiger partial charge on any atom is -0.368 e. The van der Waals surface area contributed by atoms with E-state index in [2.05, 4.69) is 61.4 Å². The minimum atomic E-state index is 0.302. The summed E-state index contributed by atoms with van der Waals surface area (Å²) in [6.07, 6.45) is 0. The normalized spacial score (nSPS) is 12.2. The van der Waals surface area contributed by atoms with E-state index in [1.807, 2.05) is 19.2 Å². The third kappa shape index (κ3) is 3.78. The highest BCUT2D eigenvalue weighted by Gasteiger charge is 2.14. The summed E-state index contributed by atoms with van der Waals surface area (Å²) in [5, 5.41) is 3.97. The standard InChI is InChI=1S/C18H23ClN2/c1-13-11-15(12-20-3)5-10-18(13)21(4)14(2)16-6-8-17(19)9-7-16/h5-11,14,20H,12H2,1-4H3. The Labute approximate surface area is 132 Å².